The lowest BCUT2D eigenvalue weighted by atomic mass is 9.88. The quantitative estimate of drug-likeness (QED) is 0.775. The van der Waals surface area contributed by atoms with Crippen molar-refractivity contribution in [3.8, 4) is 6.07 Å². The maximum atomic E-state index is 13.0. The minimum absolute atomic E-state index is 0.130. The zero-order chi connectivity index (χ0) is 17.2. The SMILES string of the molecule is N#Cc1ccc2cc(C(=O)[C@H]3CCCN(C4CCCC4)C3)ccc2c1. The van der Waals surface area contributed by atoms with Crippen LogP contribution >= 0.6 is 0 Å². The van der Waals surface area contributed by atoms with E-state index in [0.717, 1.165) is 42.3 Å². The molecule has 2 aromatic rings. The Bertz CT molecular complexity index is 830. The van der Waals surface area contributed by atoms with Crippen LogP contribution < -0.4 is 0 Å². The molecule has 0 unspecified atom stereocenters. The molecule has 2 fully saturated rings. The highest BCUT2D eigenvalue weighted by molar-refractivity contribution is 6.01. The minimum atomic E-state index is 0.130. The number of nitrogens with zero attached hydrogens (tertiary/aromatic N) is 2. The molecule has 0 bridgehead atoms. The number of benzene rings is 2. The smallest absolute Gasteiger partial charge is 0.167 e. The standard InChI is InChI=1S/C22H24N2O/c23-14-16-7-8-18-13-19(10-9-17(18)12-16)22(25)20-4-3-11-24(15-20)21-5-1-2-6-21/h7-10,12-13,20-21H,1-6,11,15H2/t20-/m0/s1. The molecule has 1 atom stereocenters. The molecule has 1 heterocycles. The van der Waals surface area contributed by atoms with Crippen molar-refractivity contribution in [1.29, 1.82) is 5.26 Å². The van der Waals surface area contributed by atoms with Crippen molar-refractivity contribution >= 4 is 16.6 Å². The first-order chi connectivity index (χ1) is 12.2. The maximum absolute atomic E-state index is 13.0. The average molecular weight is 332 g/mol. The number of fused-ring (bicyclic) bond motifs is 1. The van der Waals surface area contributed by atoms with E-state index in [1.807, 2.05) is 36.4 Å². The molecule has 128 valence electrons. The third-order valence-corrected chi connectivity index (χ3v) is 5.92. The van der Waals surface area contributed by atoms with Gasteiger partial charge in [0, 0.05) is 24.1 Å². The Labute approximate surface area is 149 Å². The van der Waals surface area contributed by atoms with E-state index in [1.54, 1.807) is 0 Å². The molecule has 1 aliphatic heterocycles. The Balaban J connectivity index is 1.53. The molecular weight excluding hydrogens is 308 g/mol. The van der Waals surface area contributed by atoms with Gasteiger partial charge in [-0.15, -0.1) is 0 Å². The predicted molar refractivity (Wildman–Crippen MR) is 99.5 cm³/mol. The molecule has 0 amide bonds. The van der Waals surface area contributed by atoms with E-state index in [4.69, 9.17) is 5.26 Å². The zero-order valence-corrected chi connectivity index (χ0v) is 14.6. The number of rotatable bonds is 3. The van der Waals surface area contributed by atoms with Crippen LogP contribution in [0, 0.1) is 17.2 Å². The Morgan fingerprint density at radius 1 is 1.00 bits per heavy atom. The van der Waals surface area contributed by atoms with Crippen LogP contribution in [-0.2, 0) is 0 Å². The van der Waals surface area contributed by atoms with E-state index in [1.165, 1.54) is 25.7 Å². The van der Waals surface area contributed by atoms with E-state index in [9.17, 15) is 4.79 Å². The summed E-state index contributed by atoms with van der Waals surface area (Å²) in [5.41, 5.74) is 1.47. The average Bonchev–Trinajstić information content (AvgIpc) is 3.21. The third kappa shape index (κ3) is 3.32. The molecule has 1 aliphatic carbocycles. The maximum Gasteiger partial charge on any atom is 0.167 e. The van der Waals surface area contributed by atoms with E-state index < -0.39 is 0 Å². The second kappa shape index (κ2) is 6.98. The van der Waals surface area contributed by atoms with Gasteiger partial charge in [-0.3, -0.25) is 9.69 Å². The molecule has 2 aromatic carbocycles. The van der Waals surface area contributed by atoms with Crippen LogP contribution in [0.1, 0.15) is 54.4 Å². The van der Waals surface area contributed by atoms with E-state index >= 15 is 0 Å². The molecular formula is C22H24N2O. The van der Waals surface area contributed by atoms with Crippen molar-refractivity contribution in [2.45, 2.75) is 44.6 Å². The highest BCUT2D eigenvalue weighted by Gasteiger charge is 2.31. The van der Waals surface area contributed by atoms with E-state index in [2.05, 4.69) is 11.0 Å². The van der Waals surface area contributed by atoms with Gasteiger partial charge in [-0.2, -0.15) is 5.26 Å². The monoisotopic (exact) mass is 332 g/mol. The molecule has 0 N–H and O–H groups in total. The fraction of sp³-hybridized carbons (Fsp3) is 0.455. The second-order valence-corrected chi connectivity index (χ2v) is 7.53. The van der Waals surface area contributed by atoms with Gasteiger partial charge >= 0.3 is 0 Å². The second-order valence-electron chi connectivity index (χ2n) is 7.53. The summed E-state index contributed by atoms with van der Waals surface area (Å²) in [6.07, 6.45) is 7.43. The van der Waals surface area contributed by atoms with Crippen molar-refractivity contribution in [1.82, 2.24) is 4.90 Å². The summed E-state index contributed by atoms with van der Waals surface area (Å²) in [4.78, 5) is 15.6. The minimum Gasteiger partial charge on any atom is -0.300 e. The number of piperidine rings is 1. The molecule has 25 heavy (non-hydrogen) atoms. The molecule has 3 heteroatoms. The number of carbonyl (C=O) groups excluding carboxylic acids is 1. The normalized spacial score (nSPS) is 22.1. The highest BCUT2D eigenvalue weighted by Crippen LogP contribution is 2.29. The lowest BCUT2D eigenvalue weighted by molar-refractivity contribution is 0.0757. The van der Waals surface area contributed by atoms with Crippen LogP contribution in [0.5, 0.6) is 0 Å². The van der Waals surface area contributed by atoms with Crippen LogP contribution in [0.4, 0.5) is 0 Å². The van der Waals surface area contributed by atoms with Gasteiger partial charge < -0.3 is 0 Å². The van der Waals surface area contributed by atoms with Crippen molar-refractivity contribution in [2.75, 3.05) is 13.1 Å². The van der Waals surface area contributed by atoms with Gasteiger partial charge in [-0.05, 0) is 61.2 Å². The zero-order valence-electron chi connectivity index (χ0n) is 14.6. The number of carbonyl (C=O) groups is 1. The van der Waals surface area contributed by atoms with Gasteiger partial charge in [-0.25, -0.2) is 0 Å². The molecule has 1 saturated carbocycles. The van der Waals surface area contributed by atoms with Crippen LogP contribution in [-0.4, -0.2) is 29.8 Å². The van der Waals surface area contributed by atoms with Crippen LogP contribution in [0.25, 0.3) is 10.8 Å². The first kappa shape index (κ1) is 16.3. The van der Waals surface area contributed by atoms with Crippen molar-refractivity contribution in [2.24, 2.45) is 5.92 Å². The van der Waals surface area contributed by atoms with Crippen molar-refractivity contribution in [3.05, 3.63) is 47.5 Å². The van der Waals surface area contributed by atoms with Crippen molar-refractivity contribution in [3.63, 3.8) is 0 Å². The van der Waals surface area contributed by atoms with Gasteiger partial charge in [0.05, 0.1) is 11.6 Å². The number of likely N-dealkylation sites (tertiary alicyclic amines) is 1. The summed E-state index contributed by atoms with van der Waals surface area (Å²) in [5.74, 6) is 0.416. The van der Waals surface area contributed by atoms with Crippen LogP contribution in [0.15, 0.2) is 36.4 Å². The topological polar surface area (TPSA) is 44.1 Å². The number of Topliss-reactive ketones (excluding diaryl/α,β-unsaturated/α-hetero) is 1. The highest BCUT2D eigenvalue weighted by atomic mass is 16.1. The lowest BCUT2D eigenvalue weighted by Crippen LogP contribution is -2.43. The van der Waals surface area contributed by atoms with E-state index in [-0.39, 0.29) is 11.7 Å². The molecule has 0 aromatic heterocycles. The Kier molecular flexibility index (Phi) is 4.55. The van der Waals surface area contributed by atoms with Crippen LogP contribution in [0.2, 0.25) is 0 Å². The van der Waals surface area contributed by atoms with Gasteiger partial charge in [-0.1, -0.05) is 31.0 Å². The molecule has 2 aliphatic rings. The fourth-order valence-corrected chi connectivity index (χ4v) is 4.53. The van der Waals surface area contributed by atoms with Gasteiger partial charge in [0.1, 0.15) is 0 Å². The number of hydrogen-bond donors (Lipinski definition) is 0. The molecule has 0 radical (unpaired) electrons. The summed E-state index contributed by atoms with van der Waals surface area (Å²) in [5, 5.41) is 11.1. The number of nitriles is 1. The summed E-state index contributed by atoms with van der Waals surface area (Å²) >= 11 is 0. The summed E-state index contributed by atoms with van der Waals surface area (Å²) < 4.78 is 0. The summed E-state index contributed by atoms with van der Waals surface area (Å²) in [6, 6.07) is 14.4. The van der Waals surface area contributed by atoms with Crippen molar-refractivity contribution < 1.29 is 4.79 Å². The fourth-order valence-electron chi connectivity index (χ4n) is 4.53. The number of hydrogen-bond acceptors (Lipinski definition) is 3. The van der Waals surface area contributed by atoms with Gasteiger partial charge in [0.25, 0.3) is 0 Å². The Morgan fingerprint density at radius 2 is 1.76 bits per heavy atom. The first-order valence-corrected chi connectivity index (χ1v) is 9.47. The lowest BCUT2D eigenvalue weighted by Gasteiger charge is -2.36. The largest absolute Gasteiger partial charge is 0.300 e. The molecule has 3 nitrogen and oxygen atoms in total. The summed E-state index contributed by atoms with van der Waals surface area (Å²) in [6.45, 7) is 2.08. The first-order valence-electron chi connectivity index (χ1n) is 9.47. The van der Waals surface area contributed by atoms with E-state index in [0.29, 0.717) is 11.6 Å². The third-order valence-electron chi connectivity index (χ3n) is 5.92. The predicted octanol–water partition coefficient (Wildman–Crippen LogP) is 4.55. The summed E-state index contributed by atoms with van der Waals surface area (Å²) in [7, 11) is 0. The number of ketones is 1. The van der Waals surface area contributed by atoms with Crippen LogP contribution in [0.3, 0.4) is 0 Å². The van der Waals surface area contributed by atoms with Gasteiger partial charge in [0.15, 0.2) is 5.78 Å². The molecule has 0 spiro atoms. The van der Waals surface area contributed by atoms with Gasteiger partial charge in [0.2, 0.25) is 0 Å². The molecule has 1 saturated heterocycles. The molecule has 4 rings (SSSR count). The Hall–Kier alpha value is -2.18. The Morgan fingerprint density at radius 3 is 2.56 bits per heavy atom.